The molecule has 2 rings (SSSR count). The van der Waals surface area contributed by atoms with E-state index in [0.717, 1.165) is 25.2 Å². The Morgan fingerprint density at radius 1 is 1.48 bits per heavy atom. The molecule has 1 aromatic carbocycles. The summed E-state index contributed by atoms with van der Waals surface area (Å²) in [7, 11) is 0. The Hall–Kier alpha value is -0.810. The fourth-order valence-corrected chi connectivity index (χ4v) is 2.55. The third-order valence-corrected chi connectivity index (χ3v) is 3.99. The van der Waals surface area contributed by atoms with E-state index in [0.29, 0.717) is 17.6 Å². The molecule has 118 valence electrons. The van der Waals surface area contributed by atoms with Crippen molar-refractivity contribution in [3.05, 3.63) is 34.9 Å². The van der Waals surface area contributed by atoms with Crippen LogP contribution in [0, 0.1) is 0 Å². The molecule has 4 nitrogen and oxygen atoms in total. The van der Waals surface area contributed by atoms with Crippen molar-refractivity contribution in [2.45, 2.75) is 25.9 Å². The van der Waals surface area contributed by atoms with Gasteiger partial charge in [0.1, 0.15) is 0 Å². The molecule has 6 heteroatoms. The third-order valence-electron chi connectivity index (χ3n) is 3.73. The average Bonchev–Trinajstić information content (AvgIpc) is 2.42. The molecule has 0 aliphatic carbocycles. The zero-order chi connectivity index (χ0) is 14.5. The van der Waals surface area contributed by atoms with Crippen LogP contribution in [0.3, 0.4) is 0 Å². The Morgan fingerprint density at radius 3 is 2.76 bits per heavy atom. The zero-order valence-electron chi connectivity index (χ0n) is 12.4. The summed E-state index contributed by atoms with van der Waals surface area (Å²) in [6.45, 7) is 7.40. The van der Waals surface area contributed by atoms with Crippen molar-refractivity contribution in [2.75, 3.05) is 26.2 Å². The monoisotopic (exact) mass is 331 g/mol. The number of carbonyl (C=O) groups is 1. The minimum Gasteiger partial charge on any atom is -0.348 e. The Morgan fingerprint density at radius 2 is 2.14 bits per heavy atom. The van der Waals surface area contributed by atoms with Crippen LogP contribution in [-0.2, 0) is 4.79 Å². The van der Waals surface area contributed by atoms with E-state index in [4.69, 9.17) is 11.6 Å². The Balaban J connectivity index is 0.00000220. The van der Waals surface area contributed by atoms with E-state index in [-0.39, 0.29) is 24.4 Å². The van der Waals surface area contributed by atoms with Crippen LogP contribution >= 0.6 is 24.0 Å². The topological polar surface area (TPSA) is 44.4 Å². The molecule has 1 unspecified atom stereocenters. The molecular weight excluding hydrogens is 309 g/mol. The van der Waals surface area contributed by atoms with Crippen molar-refractivity contribution < 1.29 is 4.79 Å². The van der Waals surface area contributed by atoms with Crippen molar-refractivity contribution in [3.8, 4) is 0 Å². The Kier molecular flexibility index (Phi) is 7.46. The van der Waals surface area contributed by atoms with E-state index in [1.807, 2.05) is 31.2 Å². The number of halogens is 2. The molecule has 0 saturated carbocycles. The smallest absolute Gasteiger partial charge is 0.234 e. The van der Waals surface area contributed by atoms with Gasteiger partial charge < -0.3 is 10.6 Å². The van der Waals surface area contributed by atoms with Crippen molar-refractivity contribution in [1.82, 2.24) is 15.5 Å². The molecule has 0 bridgehead atoms. The maximum absolute atomic E-state index is 12.1. The first-order valence-electron chi connectivity index (χ1n) is 7.06. The van der Waals surface area contributed by atoms with Gasteiger partial charge in [0.15, 0.2) is 0 Å². The summed E-state index contributed by atoms with van der Waals surface area (Å²) in [6, 6.07) is 7.98. The van der Waals surface area contributed by atoms with Gasteiger partial charge in [0.2, 0.25) is 5.91 Å². The second-order valence-corrected chi connectivity index (χ2v) is 5.80. The summed E-state index contributed by atoms with van der Waals surface area (Å²) in [5.74, 6) is 0.0706. The highest BCUT2D eigenvalue weighted by Crippen LogP contribution is 2.16. The van der Waals surface area contributed by atoms with E-state index >= 15 is 0 Å². The summed E-state index contributed by atoms with van der Waals surface area (Å²) in [5, 5.41) is 7.07. The van der Waals surface area contributed by atoms with E-state index in [1.165, 1.54) is 0 Å². The maximum atomic E-state index is 12.1. The van der Waals surface area contributed by atoms with E-state index in [1.54, 1.807) is 0 Å². The standard InChI is InChI=1S/C15H22ClN3O.ClH/c1-11-9-17-7-8-19(11)10-15(20)18-12(2)13-3-5-14(16)6-4-13;/h3-6,11-12,17H,7-10H2,1-2H3,(H,18,20);1H/t11-,12?;/m0./s1. The number of piperazine rings is 1. The lowest BCUT2D eigenvalue weighted by Gasteiger charge is -2.33. The van der Waals surface area contributed by atoms with Crippen LogP contribution in [0.5, 0.6) is 0 Å². The Labute approximate surface area is 137 Å². The van der Waals surface area contributed by atoms with Crippen molar-refractivity contribution >= 4 is 29.9 Å². The molecule has 0 radical (unpaired) electrons. The van der Waals surface area contributed by atoms with Gasteiger partial charge in [0.05, 0.1) is 12.6 Å². The van der Waals surface area contributed by atoms with Gasteiger partial charge in [-0.3, -0.25) is 9.69 Å². The highest BCUT2D eigenvalue weighted by Gasteiger charge is 2.20. The van der Waals surface area contributed by atoms with Gasteiger partial charge >= 0.3 is 0 Å². The summed E-state index contributed by atoms with van der Waals surface area (Å²) in [5.41, 5.74) is 1.07. The number of nitrogens with zero attached hydrogens (tertiary/aromatic N) is 1. The fraction of sp³-hybridized carbons (Fsp3) is 0.533. The summed E-state index contributed by atoms with van der Waals surface area (Å²) in [4.78, 5) is 14.3. The molecule has 1 fully saturated rings. The predicted octanol–water partition coefficient (Wildman–Crippen LogP) is 2.23. The van der Waals surface area contributed by atoms with Crippen LogP contribution in [0.25, 0.3) is 0 Å². The largest absolute Gasteiger partial charge is 0.348 e. The summed E-state index contributed by atoms with van der Waals surface area (Å²) < 4.78 is 0. The molecule has 1 amide bonds. The van der Waals surface area contributed by atoms with Crippen LogP contribution < -0.4 is 10.6 Å². The number of carbonyl (C=O) groups excluding carboxylic acids is 1. The van der Waals surface area contributed by atoms with E-state index in [9.17, 15) is 4.79 Å². The van der Waals surface area contributed by atoms with E-state index in [2.05, 4.69) is 22.5 Å². The second-order valence-electron chi connectivity index (χ2n) is 5.36. The molecule has 0 spiro atoms. The molecule has 1 aliphatic rings. The predicted molar refractivity (Wildman–Crippen MR) is 89.2 cm³/mol. The van der Waals surface area contributed by atoms with Crippen LogP contribution in [0.15, 0.2) is 24.3 Å². The zero-order valence-corrected chi connectivity index (χ0v) is 14.0. The van der Waals surface area contributed by atoms with Gasteiger partial charge in [-0.1, -0.05) is 23.7 Å². The van der Waals surface area contributed by atoms with Crippen molar-refractivity contribution in [2.24, 2.45) is 0 Å². The van der Waals surface area contributed by atoms with Gasteiger partial charge in [-0.15, -0.1) is 12.4 Å². The van der Waals surface area contributed by atoms with Gasteiger partial charge in [-0.05, 0) is 31.5 Å². The lowest BCUT2D eigenvalue weighted by atomic mass is 10.1. The first-order chi connectivity index (χ1) is 9.56. The molecule has 1 aromatic rings. The van der Waals surface area contributed by atoms with Crippen LogP contribution in [0.4, 0.5) is 0 Å². The molecular formula is C15H23Cl2N3O. The van der Waals surface area contributed by atoms with Gasteiger partial charge in [-0.25, -0.2) is 0 Å². The number of nitrogens with one attached hydrogen (secondary N) is 2. The molecule has 2 N–H and O–H groups in total. The Bertz CT molecular complexity index is 453. The molecule has 2 atom stereocenters. The van der Waals surface area contributed by atoms with Crippen LogP contribution in [0.2, 0.25) is 5.02 Å². The maximum Gasteiger partial charge on any atom is 0.234 e. The average molecular weight is 332 g/mol. The minimum atomic E-state index is -0.00186. The number of hydrogen-bond donors (Lipinski definition) is 2. The highest BCUT2D eigenvalue weighted by atomic mass is 35.5. The van der Waals surface area contributed by atoms with Gasteiger partial charge in [-0.2, -0.15) is 0 Å². The first-order valence-corrected chi connectivity index (χ1v) is 7.43. The van der Waals surface area contributed by atoms with Crippen molar-refractivity contribution in [1.29, 1.82) is 0 Å². The summed E-state index contributed by atoms with van der Waals surface area (Å²) >= 11 is 5.87. The van der Waals surface area contributed by atoms with E-state index < -0.39 is 0 Å². The molecule has 21 heavy (non-hydrogen) atoms. The lowest BCUT2D eigenvalue weighted by molar-refractivity contribution is -0.123. The first kappa shape index (κ1) is 18.2. The third kappa shape index (κ3) is 5.47. The second kappa shape index (κ2) is 8.59. The number of rotatable bonds is 4. The number of amides is 1. The molecule has 0 aromatic heterocycles. The number of benzene rings is 1. The van der Waals surface area contributed by atoms with Gasteiger partial charge in [0.25, 0.3) is 0 Å². The normalized spacial score (nSPS) is 20.4. The SMILES string of the molecule is CC(NC(=O)CN1CCNC[C@@H]1C)c1ccc(Cl)cc1.Cl. The molecule has 1 aliphatic heterocycles. The fourth-order valence-electron chi connectivity index (χ4n) is 2.42. The van der Waals surface area contributed by atoms with Crippen molar-refractivity contribution in [3.63, 3.8) is 0 Å². The highest BCUT2D eigenvalue weighted by molar-refractivity contribution is 6.30. The quantitative estimate of drug-likeness (QED) is 0.889. The van der Waals surface area contributed by atoms with Crippen LogP contribution in [-0.4, -0.2) is 43.0 Å². The van der Waals surface area contributed by atoms with Gasteiger partial charge in [0, 0.05) is 30.7 Å². The molecule has 1 saturated heterocycles. The molecule has 1 heterocycles. The summed E-state index contributed by atoms with van der Waals surface area (Å²) in [6.07, 6.45) is 0. The van der Waals surface area contributed by atoms with Crippen LogP contribution in [0.1, 0.15) is 25.5 Å². The minimum absolute atomic E-state index is 0. The number of hydrogen-bond acceptors (Lipinski definition) is 3. The lowest BCUT2D eigenvalue weighted by Crippen LogP contribution is -2.52.